The molecule has 2 aromatic rings. The van der Waals surface area contributed by atoms with Gasteiger partial charge in [-0.25, -0.2) is 4.79 Å². The van der Waals surface area contributed by atoms with Crippen molar-refractivity contribution in [3.05, 3.63) is 69.0 Å². The van der Waals surface area contributed by atoms with Gasteiger partial charge in [0.05, 0.1) is 12.2 Å². The molecule has 0 radical (unpaired) electrons. The monoisotopic (exact) mass is 451 g/mol. The molecule has 0 fully saturated rings. The fourth-order valence-corrected chi connectivity index (χ4v) is 4.98. The Kier molecular flexibility index (Phi) is 5.56. The lowest BCUT2D eigenvalue weighted by atomic mass is 9.68. The van der Waals surface area contributed by atoms with Crippen LogP contribution in [0.4, 0.5) is 5.69 Å². The largest absolute Gasteiger partial charge is 0.462 e. The van der Waals surface area contributed by atoms with Crippen molar-refractivity contribution in [1.29, 1.82) is 0 Å². The van der Waals surface area contributed by atoms with Crippen molar-refractivity contribution in [3.63, 3.8) is 0 Å². The van der Waals surface area contributed by atoms with Gasteiger partial charge in [-0.1, -0.05) is 32.0 Å². The molecule has 1 amide bonds. The van der Waals surface area contributed by atoms with E-state index in [0.29, 0.717) is 30.0 Å². The summed E-state index contributed by atoms with van der Waals surface area (Å²) in [6.07, 6.45) is 0. The number of rotatable bonds is 5. The quantitative estimate of drug-likeness (QED) is 0.701. The maximum atomic E-state index is 14.4. The summed E-state index contributed by atoms with van der Waals surface area (Å²) in [5.74, 6) is -1.09. The highest BCUT2D eigenvalue weighted by Gasteiger charge is 2.62. The molecule has 1 atom stereocenters. The third-order valence-electron chi connectivity index (χ3n) is 6.20. The molecule has 1 spiro atoms. The van der Waals surface area contributed by atoms with Crippen molar-refractivity contribution < 1.29 is 19.1 Å². The minimum absolute atomic E-state index is 0.0805. The van der Waals surface area contributed by atoms with Crippen LogP contribution in [0, 0.1) is 12.8 Å². The van der Waals surface area contributed by atoms with Crippen molar-refractivity contribution in [2.24, 2.45) is 11.7 Å². The zero-order chi connectivity index (χ0) is 24.1. The van der Waals surface area contributed by atoms with E-state index in [4.69, 9.17) is 15.2 Å². The predicted octanol–water partition coefficient (Wildman–Crippen LogP) is 2.59. The first-order valence-corrected chi connectivity index (χ1v) is 11.2. The highest BCUT2D eigenvalue weighted by molar-refractivity contribution is 6.18. The number of anilines is 1. The summed E-state index contributed by atoms with van der Waals surface area (Å²) >= 11 is 0. The van der Waals surface area contributed by atoms with E-state index in [-0.39, 0.29) is 35.3 Å². The molecule has 8 heteroatoms. The van der Waals surface area contributed by atoms with Crippen LogP contribution in [0.5, 0.6) is 5.75 Å². The zero-order valence-corrected chi connectivity index (χ0v) is 19.6. The number of nitrogens with two attached hydrogens (primary N) is 1. The van der Waals surface area contributed by atoms with Gasteiger partial charge in [0.1, 0.15) is 16.7 Å². The van der Waals surface area contributed by atoms with E-state index in [2.05, 4.69) is 0 Å². The summed E-state index contributed by atoms with van der Waals surface area (Å²) < 4.78 is 12.7. The molecule has 1 aromatic carbocycles. The zero-order valence-electron chi connectivity index (χ0n) is 19.6. The first-order valence-electron chi connectivity index (χ1n) is 11.2. The van der Waals surface area contributed by atoms with Gasteiger partial charge in [-0.15, -0.1) is 0 Å². The average molecular weight is 452 g/mol. The Morgan fingerprint density at radius 1 is 1.21 bits per heavy atom. The van der Waals surface area contributed by atoms with E-state index in [1.807, 2.05) is 32.9 Å². The van der Waals surface area contributed by atoms with E-state index in [1.165, 1.54) is 0 Å². The first kappa shape index (κ1) is 22.6. The minimum atomic E-state index is -1.75. The van der Waals surface area contributed by atoms with E-state index in [0.717, 1.165) is 0 Å². The van der Waals surface area contributed by atoms with Gasteiger partial charge in [-0.2, -0.15) is 0 Å². The summed E-state index contributed by atoms with van der Waals surface area (Å²) in [5.41, 5.74) is 5.92. The molecule has 0 aliphatic carbocycles. The number of amides is 1. The Morgan fingerprint density at radius 2 is 1.91 bits per heavy atom. The van der Waals surface area contributed by atoms with E-state index in [9.17, 15) is 14.4 Å². The summed E-state index contributed by atoms with van der Waals surface area (Å²) in [7, 11) is 0. The van der Waals surface area contributed by atoms with E-state index in [1.54, 1.807) is 41.5 Å². The SMILES string of the molecule is CCOC(=O)C1=C(N)Oc2cc(C)n(CC)c(=O)c2C12C(=O)N(CC(C)C)c1ccccc12. The maximum absolute atomic E-state index is 14.4. The number of esters is 1. The van der Waals surface area contributed by atoms with Crippen LogP contribution in [-0.4, -0.2) is 29.6 Å². The highest BCUT2D eigenvalue weighted by atomic mass is 16.5. The minimum Gasteiger partial charge on any atom is -0.462 e. The van der Waals surface area contributed by atoms with Gasteiger partial charge in [-0.3, -0.25) is 9.59 Å². The fourth-order valence-electron chi connectivity index (χ4n) is 4.98. The van der Waals surface area contributed by atoms with Gasteiger partial charge < -0.3 is 24.7 Å². The molecule has 3 heterocycles. The number of ether oxygens (including phenoxy) is 2. The van der Waals surface area contributed by atoms with Crippen LogP contribution in [0.2, 0.25) is 0 Å². The van der Waals surface area contributed by atoms with Crippen LogP contribution in [0.25, 0.3) is 0 Å². The molecule has 174 valence electrons. The van der Waals surface area contributed by atoms with Crippen LogP contribution in [-0.2, 0) is 26.3 Å². The lowest BCUT2D eigenvalue weighted by Gasteiger charge is -2.36. The second kappa shape index (κ2) is 8.10. The molecular formula is C25H29N3O5. The van der Waals surface area contributed by atoms with Crippen LogP contribution in [0.3, 0.4) is 0 Å². The van der Waals surface area contributed by atoms with Gasteiger partial charge in [0, 0.05) is 36.1 Å². The number of para-hydroxylation sites is 1. The van der Waals surface area contributed by atoms with Crippen LogP contribution in [0.15, 0.2) is 46.6 Å². The Bertz CT molecular complexity index is 1240. The smallest absolute Gasteiger partial charge is 0.341 e. The molecule has 0 bridgehead atoms. The lowest BCUT2D eigenvalue weighted by molar-refractivity contribution is -0.140. The molecule has 1 unspecified atom stereocenters. The van der Waals surface area contributed by atoms with E-state index >= 15 is 0 Å². The molecule has 0 saturated carbocycles. The standard InChI is InChI=1S/C25H29N3O5/c1-6-27-15(5)12-18-19(22(27)29)25(20(21(26)33-18)23(30)32-7-2)16-10-8-9-11-17(16)28(24(25)31)13-14(3)4/h8-12,14H,6-7,13,26H2,1-5H3. The molecule has 1 aromatic heterocycles. The number of carbonyl (C=O) groups excluding carboxylic acids is 2. The second-order valence-electron chi connectivity index (χ2n) is 8.71. The van der Waals surface area contributed by atoms with Gasteiger partial charge in [0.15, 0.2) is 0 Å². The van der Waals surface area contributed by atoms with Crippen molar-refractivity contribution >= 4 is 17.6 Å². The predicted molar refractivity (Wildman–Crippen MR) is 124 cm³/mol. The molecule has 2 N–H and O–H groups in total. The van der Waals surface area contributed by atoms with Crippen LogP contribution < -0.4 is 20.9 Å². The van der Waals surface area contributed by atoms with Crippen molar-refractivity contribution in [2.45, 2.75) is 46.6 Å². The van der Waals surface area contributed by atoms with Crippen LogP contribution in [0.1, 0.15) is 44.5 Å². The molecule has 0 saturated heterocycles. The lowest BCUT2D eigenvalue weighted by Crippen LogP contribution is -2.52. The molecular weight excluding hydrogens is 422 g/mol. The third kappa shape index (κ3) is 3.08. The Hall–Kier alpha value is -3.55. The highest BCUT2D eigenvalue weighted by Crippen LogP contribution is 2.54. The van der Waals surface area contributed by atoms with Crippen molar-refractivity contribution in [1.82, 2.24) is 4.57 Å². The fraction of sp³-hybridized carbons (Fsp3) is 0.400. The summed E-state index contributed by atoms with van der Waals surface area (Å²) in [6, 6.07) is 8.90. The van der Waals surface area contributed by atoms with Gasteiger partial charge in [-0.05, 0) is 32.8 Å². The summed E-state index contributed by atoms with van der Waals surface area (Å²) in [5, 5.41) is 0. The average Bonchev–Trinajstić information content (AvgIpc) is 2.97. The number of hydrogen-bond donors (Lipinski definition) is 1. The molecule has 4 rings (SSSR count). The molecule has 2 aliphatic rings. The Morgan fingerprint density at radius 3 is 2.55 bits per heavy atom. The third-order valence-corrected chi connectivity index (χ3v) is 6.20. The first-order chi connectivity index (χ1) is 15.7. The summed E-state index contributed by atoms with van der Waals surface area (Å²) in [6.45, 7) is 10.2. The van der Waals surface area contributed by atoms with Gasteiger partial charge in [0.2, 0.25) is 11.8 Å². The second-order valence-corrected chi connectivity index (χ2v) is 8.71. The number of nitrogens with zero attached hydrogens (tertiary/aromatic N) is 2. The van der Waals surface area contributed by atoms with Crippen molar-refractivity contribution in [2.75, 3.05) is 18.1 Å². The summed E-state index contributed by atoms with van der Waals surface area (Å²) in [4.78, 5) is 43.1. The van der Waals surface area contributed by atoms with E-state index < -0.39 is 22.9 Å². The number of carbonyl (C=O) groups is 2. The number of hydrogen-bond acceptors (Lipinski definition) is 6. The topological polar surface area (TPSA) is 104 Å². The molecule has 33 heavy (non-hydrogen) atoms. The number of pyridine rings is 1. The Labute approximate surface area is 192 Å². The maximum Gasteiger partial charge on any atom is 0.341 e. The van der Waals surface area contributed by atoms with Gasteiger partial charge >= 0.3 is 5.97 Å². The number of benzene rings is 1. The van der Waals surface area contributed by atoms with Crippen LogP contribution >= 0.6 is 0 Å². The molecule has 8 nitrogen and oxygen atoms in total. The number of aromatic nitrogens is 1. The van der Waals surface area contributed by atoms with Crippen molar-refractivity contribution in [3.8, 4) is 5.75 Å². The van der Waals surface area contributed by atoms with Gasteiger partial charge in [0.25, 0.3) is 5.56 Å². The Balaban J connectivity index is 2.18. The number of fused-ring (bicyclic) bond motifs is 4. The normalized spacial score (nSPS) is 19.1. The molecule has 2 aliphatic heterocycles. The number of aryl methyl sites for hydroxylation is 1.